The molecule has 4 nitrogen and oxygen atoms in total. The minimum absolute atomic E-state index is 0.0796. The number of aromatic nitrogens is 1. The van der Waals surface area contributed by atoms with Crippen molar-refractivity contribution in [2.24, 2.45) is 0 Å². The van der Waals surface area contributed by atoms with Crippen molar-refractivity contribution in [3.8, 4) is 5.75 Å². The van der Waals surface area contributed by atoms with Crippen LogP contribution >= 0.6 is 11.8 Å². The van der Waals surface area contributed by atoms with Gasteiger partial charge in [0.15, 0.2) is 0 Å². The van der Waals surface area contributed by atoms with Gasteiger partial charge in [0.05, 0.1) is 6.61 Å². The lowest BCUT2D eigenvalue weighted by atomic mass is 10.2. The van der Waals surface area contributed by atoms with Crippen LogP contribution in [0.4, 0.5) is 0 Å². The van der Waals surface area contributed by atoms with E-state index in [2.05, 4.69) is 4.98 Å². The maximum Gasteiger partial charge on any atom is 0.354 e. The summed E-state index contributed by atoms with van der Waals surface area (Å²) in [5.74, 6) is 0.756. The lowest BCUT2D eigenvalue weighted by Crippen LogP contribution is -2.00. The largest absolute Gasteiger partial charge is 0.494 e. The summed E-state index contributed by atoms with van der Waals surface area (Å²) in [5.41, 5.74) is 1.26. The molecule has 0 spiro atoms. The van der Waals surface area contributed by atoms with Gasteiger partial charge in [-0.1, -0.05) is 12.1 Å². The molecule has 0 bridgehead atoms. The van der Waals surface area contributed by atoms with Crippen LogP contribution in [0.15, 0.2) is 47.5 Å². The molecular formula is C16H17NO3S. The van der Waals surface area contributed by atoms with E-state index in [-0.39, 0.29) is 5.69 Å². The SMILES string of the molecule is Cc1cccc(OCCCSc2ccnc(C(=O)O)c2)c1. The summed E-state index contributed by atoms with van der Waals surface area (Å²) >= 11 is 1.61. The van der Waals surface area contributed by atoms with E-state index in [0.29, 0.717) is 6.61 Å². The Bertz CT molecular complexity index is 616. The molecule has 1 aromatic heterocycles. The minimum Gasteiger partial charge on any atom is -0.494 e. The van der Waals surface area contributed by atoms with Gasteiger partial charge in [0, 0.05) is 16.8 Å². The summed E-state index contributed by atoms with van der Waals surface area (Å²) in [7, 11) is 0. The van der Waals surface area contributed by atoms with Crippen LogP contribution in [0.25, 0.3) is 0 Å². The molecule has 0 saturated carbocycles. The molecule has 2 aromatic rings. The van der Waals surface area contributed by atoms with Crippen LogP contribution < -0.4 is 4.74 Å². The molecule has 0 aliphatic rings. The maximum atomic E-state index is 10.8. The van der Waals surface area contributed by atoms with Gasteiger partial charge >= 0.3 is 5.97 Å². The van der Waals surface area contributed by atoms with Gasteiger partial charge in [0.25, 0.3) is 0 Å². The third kappa shape index (κ3) is 5.11. The minimum atomic E-state index is -1.000. The van der Waals surface area contributed by atoms with Crippen molar-refractivity contribution in [2.75, 3.05) is 12.4 Å². The number of pyridine rings is 1. The maximum absolute atomic E-state index is 10.8. The Morgan fingerprint density at radius 2 is 2.19 bits per heavy atom. The second-order valence-electron chi connectivity index (χ2n) is 4.55. The van der Waals surface area contributed by atoms with Gasteiger partial charge in [-0.2, -0.15) is 0 Å². The third-order valence-electron chi connectivity index (χ3n) is 2.77. The highest BCUT2D eigenvalue weighted by atomic mass is 32.2. The van der Waals surface area contributed by atoms with Crippen LogP contribution in [0.5, 0.6) is 5.75 Å². The molecule has 2 rings (SSSR count). The Kier molecular flexibility index (Phi) is 5.63. The normalized spacial score (nSPS) is 10.3. The van der Waals surface area contributed by atoms with Gasteiger partial charge in [0.1, 0.15) is 11.4 Å². The fourth-order valence-electron chi connectivity index (χ4n) is 1.76. The number of hydrogen-bond acceptors (Lipinski definition) is 4. The average molecular weight is 303 g/mol. The number of carboxylic acid groups (broad SMARTS) is 1. The smallest absolute Gasteiger partial charge is 0.354 e. The number of carbonyl (C=O) groups is 1. The number of aryl methyl sites for hydroxylation is 1. The van der Waals surface area contributed by atoms with Crippen molar-refractivity contribution in [2.45, 2.75) is 18.2 Å². The molecule has 110 valence electrons. The van der Waals surface area contributed by atoms with E-state index in [0.717, 1.165) is 22.8 Å². The molecule has 0 saturated heterocycles. The molecule has 1 N–H and O–H groups in total. The zero-order valence-electron chi connectivity index (χ0n) is 11.8. The van der Waals surface area contributed by atoms with Crippen molar-refractivity contribution in [1.29, 1.82) is 0 Å². The zero-order valence-corrected chi connectivity index (χ0v) is 12.6. The number of aromatic carboxylic acids is 1. The number of nitrogens with zero attached hydrogens (tertiary/aromatic N) is 1. The van der Waals surface area contributed by atoms with E-state index in [1.54, 1.807) is 17.8 Å². The summed E-state index contributed by atoms with van der Waals surface area (Å²) in [6.07, 6.45) is 2.42. The van der Waals surface area contributed by atoms with Crippen molar-refractivity contribution in [1.82, 2.24) is 4.98 Å². The van der Waals surface area contributed by atoms with E-state index in [1.165, 1.54) is 11.8 Å². The van der Waals surface area contributed by atoms with Crippen molar-refractivity contribution < 1.29 is 14.6 Å². The van der Waals surface area contributed by atoms with Gasteiger partial charge in [-0.25, -0.2) is 9.78 Å². The Labute approximate surface area is 128 Å². The second kappa shape index (κ2) is 7.69. The van der Waals surface area contributed by atoms with Gasteiger partial charge in [-0.05, 0) is 43.2 Å². The molecule has 1 aromatic carbocycles. The first-order chi connectivity index (χ1) is 10.1. The van der Waals surface area contributed by atoms with Crippen LogP contribution in [0.1, 0.15) is 22.5 Å². The average Bonchev–Trinajstić information content (AvgIpc) is 2.47. The van der Waals surface area contributed by atoms with Crippen molar-refractivity contribution in [3.05, 3.63) is 53.9 Å². The Hall–Kier alpha value is -2.01. The molecule has 0 atom stereocenters. The van der Waals surface area contributed by atoms with Gasteiger partial charge in [0.2, 0.25) is 0 Å². The first kappa shape index (κ1) is 15.4. The van der Waals surface area contributed by atoms with E-state index in [4.69, 9.17) is 9.84 Å². The highest BCUT2D eigenvalue weighted by molar-refractivity contribution is 7.99. The summed E-state index contributed by atoms with van der Waals surface area (Å²) < 4.78 is 5.67. The molecule has 0 fully saturated rings. The highest BCUT2D eigenvalue weighted by Gasteiger charge is 2.05. The van der Waals surface area contributed by atoms with Gasteiger partial charge in [-0.3, -0.25) is 0 Å². The highest BCUT2D eigenvalue weighted by Crippen LogP contribution is 2.19. The quantitative estimate of drug-likeness (QED) is 0.625. The third-order valence-corrected chi connectivity index (χ3v) is 3.85. The summed E-state index contributed by atoms with van der Waals surface area (Å²) in [6, 6.07) is 11.4. The summed E-state index contributed by atoms with van der Waals surface area (Å²) in [6.45, 7) is 2.68. The molecule has 0 amide bonds. The Morgan fingerprint density at radius 3 is 2.95 bits per heavy atom. The van der Waals surface area contributed by atoms with E-state index in [1.807, 2.05) is 37.3 Å². The van der Waals surface area contributed by atoms with Gasteiger partial charge < -0.3 is 9.84 Å². The second-order valence-corrected chi connectivity index (χ2v) is 5.72. The number of benzene rings is 1. The Morgan fingerprint density at radius 1 is 1.33 bits per heavy atom. The lowest BCUT2D eigenvalue weighted by molar-refractivity contribution is 0.0690. The van der Waals surface area contributed by atoms with E-state index in [9.17, 15) is 4.79 Å². The standard InChI is InChI=1S/C16H17NO3S/c1-12-4-2-5-13(10-12)20-8-3-9-21-14-6-7-17-15(11-14)16(18)19/h2,4-7,10-11H,3,8-9H2,1H3,(H,18,19). The number of carboxylic acids is 1. The van der Waals surface area contributed by atoms with Crippen molar-refractivity contribution >= 4 is 17.7 Å². The van der Waals surface area contributed by atoms with Crippen LogP contribution in [0.3, 0.4) is 0 Å². The Balaban J connectivity index is 1.72. The molecule has 21 heavy (non-hydrogen) atoms. The molecule has 0 aliphatic carbocycles. The summed E-state index contributed by atoms with van der Waals surface area (Å²) in [4.78, 5) is 15.5. The molecule has 0 unspecified atom stereocenters. The number of thioether (sulfide) groups is 1. The van der Waals surface area contributed by atoms with Crippen LogP contribution in [0, 0.1) is 6.92 Å². The number of rotatable bonds is 7. The molecular weight excluding hydrogens is 286 g/mol. The van der Waals surface area contributed by atoms with Crippen LogP contribution in [0.2, 0.25) is 0 Å². The van der Waals surface area contributed by atoms with Gasteiger partial charge in [-0.15, -0.1) is 11.8 Å². The number of ether oxygens (including phenoxy) is 1. The van der Waals surface area contributed by atoms with Crippen molar-refractivity contribution in [3.63, 3.8) is 0 Å². The topological polar surface area (TPSA) is 59.4 Å². The number of hydrogen-bond donors (Lipinski definition) is 1. The predicted molar refractivity (Wildman–Crippen MR) is 83.2 cm³/mol. The molecule has 0 radical (unpaired) electrons. The molecule has 0 aliphatic heterocycles. The lowest BCUT2D eigenvalue weighted by Gasteiger charge is -2.07. The van der Waals surface area contributed by atoms with E-state index >= 15 is 0 Å². The fourth-order valence-corrected chi connectivity index (χ4v) is 2.61. The molecule has 1 heterocycles. The first-order valence-corrected chi connectivity index (χ1v) is 7.65. The van der Waals surface area contributed by atoms with Crippen LogP contribution in [-0.2, 0) is 0 Å². The zero-order chi connectivity index (χ0) is 15.1. The monoisotopic (exact) mass is 303 g/mol. The summed E-state index contributed by atoms with van der Waals surface area (Å²) in [5, 5.41) is 8.88. The van der Waals surface area contributed by atoms with E-state index < -0.39 is 5.97 Å². The molecule has 5 heteroatoms. The van der Waals surface area contributed by atoms with Crippen LogP contribution in [-0.4, -0.2) is 28.4 Å². The predicted octanol–water partition coefficient (Wildman–Crippen LogP) is 3.65. The first-order valence-electron chi connectivity index (χ1n) is 6.67. The fraction of sp³-hybridized carbons (Fsp3) is 0.250.